The van der Waals surface area contributed by atoms with Crippen molar-refractivity contribution >= 4 is 5.97 Å². The summed E-state index contributed by atoms with van der Waals surface area (Å²) in [5, 5.41) is 9.32. The first-order chi connectivity index (χ1) is 9.04. The topological polar surface area (TPSA) is 49.8 Å². The van der Waals surface area contributed by atoms with Gasteiger partial charge < -0.3 is 9.84 Å². The fourth-order valence-corrected chi connectivity index (χ4v) is 2.60. The highest BCUT2D eigenvalue weighted by Crippen LogP contribution is 2.28. The monoisotopic (exact) mass is 263 g/mol. The van der Waals surface area contributed by atoms with Gasteiger partial charge in [-0.2, -0.15) is 0 Å². The van der Waals surface area contributed by atoms with E-state index < -0.39 is 11.5 Å². The number of ether oxygens (including phenoxy) is 1. The van der Waals surface area contributed by atoms with Crippen molar-refractivity contribution in [2.75, 3.05) is 19.7 Å². The normalized spacial score (nSPS) is 23.5. The second kappa shape index (κ2) is 5.61. The quantitative estimate of drug-likeness (QED) is 0.885. The van der Waals surface area contributed by atoms with Gasteiger partial charge in [0, 0.05) is 6.54 Å². The Bertz CT molecular complexity index is 460. The summed E-state index contributed by atoms with van der Waals surface area (Å²) in [7, 11) is 0. The third-order valence-corrected chi connectivity index (χ3v) is 3.96. The van der Waals surface area contributed by atoms with E-state index in [1.165, 1.54) is 0 Å². The number of carboxylic acids is 1. The van der Waals surface area contributed by atoms with Gasteiger partial charge in [0.2, 0.25) is 0 Å². The molecule has 0 saturated carbocycles. The van der Waals surface area contributed by atoms with Crippen LogP contribution in [0.2, 0.25) is 0 Å². The van der Waals surface area contributed by atoms with Crippen LogP contribution in [0.25, 0.3) is 0 Å². The van der Waals surface area contributed by atoms with Crippen LogP contribution < -0.4 is 4.74 Å². The van der Waals surface area contributed by atoms with Gasteiger partial charge >= 0.3 is 5.97 Å². The lowest BCUT2D eigenvalue weighted by molar-refractivity contribution is -0.148. The maximum absolute atomic E-state index is 11.3. The second-order valence-corrected chi connectivity index (χ2v) is 5.28. The Morgan fingerprint density at radius 1 is 1.47 bits per heavy atom. The van der Waals surface area contributed by atoms with Crippen LogP contribution in [0.15, 0.2) is 24.3 Å². The molecule has 1 aliphatic heterocycles. The summed E-state index contributed by atoms with van der Waals surface area (Å²) in [5.41, 5.74) is 0.375. The van der Waals surface area contributed by atoms with E-state index in [1.54, 1.807) is 6.92 Å². The highest BCUT2D eigenvalue weighted by molar-refractivity contribution is 5.78. The molecule has 104 valence electrons. The van der Waals surface area contributed by atoms with E-state index >= 15 is 0 Å². The number of carboxylic acid groups (broad SMARTS) is 1. The highest BCUT2D eigenvalue weighted by Gasteiger charge is 2.42. The van der Waals surface area contributed by atoms with E-state index in [0.717, 1.165) is 24.3 Å². The molecule has 1 saturated heterocycles. The number of nitrogens with zero attached hydrogens (tertiary/aromatic N) is 1. The lowest BCUT2D eigenvalue weighted by Gasteiger charge is -2.30. The van der Waals surface area contributed by atoms with E-state index in [9.17, 15) is 9.90 Å². The van der Waals surface area contributed by atoms with Crippen LogP contribution in [0, 0.1) is 6.92 Å². The predicted molar refractivity (Wildman–Crippen MR) is 73.5 cm³/mol. The summed E-state index contributed by atoms with van der Waals surface area (Å²) < 4.78 is 5.74. The van der Waals surface area contributed by atoms with Crippen molar-refractivity contribution in [3.8, 4) is 5.75 Å². The zero-order chi connectivity index (χ0) is 13.9. The number of hydrogen-bond acceptors (Lipinski definition) is 3. The summed E-state index contributed by atoms with van der Waals surface area (Å²) in [6.07, 6.45) is 1.65. The molecule has 0 spiro atoms. The van der Waals surface area contributed by atoms with Crippen LogP contribution in [-0.2, 0) is 4.79 Å². The van der Waals surface area contributed by atoms with Gasteiger partial charge in [0.05, 0.1) is 0 Å². The minimum absolute atomic E-state index is 0.522. The molecule has 1 aromatic rings. The van der Waals surface area contributed by atoms with Crippen molar-refractivity contribution < 1.29 is 14.6 Å². The first kappa shape index (κ1) is 13.9. The summed E-state index contributed by atoms with van der Waals surface area (Å²) in [4.78, 5) is 13.3. The first-order valence-corrected chi connectivity index (χ1v) is 6.71. The fraction of sp³-hybridized carbons (Fsp3) is 0.533. The molecule has 1 aromatic carbocycles. The van der Waals surface area contributed by atoms with Crippen molar-refractivity contribution in [3.63, 3.8) is 0 Å². The van der Waals surface area contributed by atoms with Gasteiger partial charge in [0.25, 0.3) is 0 Å². The molecule has 4 heteroatoms. The van der Waals surface area contributed by atoms with Crippen molar-refractivity contribution in [2.24, 2.45) is 0 Å². The lowest BCUT2D eigenvalue weighted by atomic mass is 9.99. The third kappa shape index (κ3) is 2.89. The SMILES string of the molecule is Cc1ccccc1OCCN1CCCC1(C)C(=O)O. The molecule has 1 aliphatic rings. The Kier molecular flexibility index (Phi) is 4.10. The summed E-state index contributed by atoms with van der Waals surface area (Å²) in [6.45, 7) is 5.81. The van der Waals surface area contributed by atoms with Crippen molar-refractivity contribution in [2.45, 2.75) is 32.2 Å². The smallest absolute Gasteiger partial charge is 0.323 e. The molecule has 0 amide bonds. The van der Waals surface area contributed by atoms with E-state index in [-0.39, 0.29) is 0 Å². The van der Waals surface area contributed by atoms with Gasteiger partial charge in [0.1, 0.15) is 17.9 Å². The van der Waals surface area contributed by atoms with Gasteiger partial charge in [-0.1, -0.05) is 18.2 Å². The van der Waals surface area contributed by atoms with Gasteiger partial charge in [-0.15, -0.1) is 0 Å². The second-order valence-electron chi connectivity index (χ2n) is 5.28. The van der Waals surface area contributed by atoms with Crippen LogP contribution in [0.3, 0.4) is 0 Å². The Labute approximate surface area is 114 Å². The number of aryl methyl sites for hydroxylation is 1. The molecule has 0 radical (unpaired) electrons. The maximum Gasteiger partial charge on any atom is 0.323 e. The Morgan fingerprint density at radius 2 is 2.21 bits per heavy atom. The average molecular weight is 263 g/mol. The molecule has 4 nitrogen and oxygen atoms in total. The molecular formula is C15H21NO3. The standard InChI is InChI=1S/C15H21NO3/c1-12-6-3-4-7-13(12)19-11-10-16-9-5-8-15(16,2)14(17)18/h3-4,6-7H,5,8-11H2,1-2H3,(H,17,18). The molecule has 2 rings (SSSR count). The largest absolute Gasteiger partial charge is 0.492 e. The van der Waals surface area contributed by atoms with E-state index in [2.05, 4.69) is 0 Å². The van der Waals surface area contributed by atoms with Crippen LogP contribution in [-0.4, -0.2) is 41.2 Å². The maximum atomic E-state index is 11.3. The number of aliphatic carboxylic acids is 1. The summed E-state index contributed by atoms with van der Waals surface area (Å²) in [6, 6.07) is 7.87. The first-order valence-electron chi connectivity index (χ1n) is 6.71. The molecule has 1 fully saturated rings. The van der Waals surface area contributed by atoms with Crippen molar-refractivity contribution in [1.82, 2.24) is 4.90 Å². The van der Waals surface area contributed by atoms with E-state index in [0.29, 0.717) is 19.6 Å². The minimum atomic E-state index is -0.735. The fourth-order valence-electron chi connectivity index (χ4n) is 2.60. The van der Waals surface area contributed by atoms with Gasteiger partial charge in [0.15, 0.2) is 0 Å². The predicted octanol–water partition coefficient (Wildman–Crippen LogP) is 2.31. The van der Waals surface area contributed by atoms with Gasteiger partial charge in [-0.05, 0) is 44.9 Å². The van der Waals surface area contributed by atoms with E-state index in [4.69, 9.17) is 4.74 Å². The molecule has 19 heavy (non-hydrogen) atoms. The molecule has 1 heterocycles. The van der Waals surface area contributed by atoms with Crippen LogP contribution in [0.4, 0.5) is 0 Å². The number of likely N-dealkylation sites (tertiary alicyclic amines) is 1. The van der Waals surface area contributed by atoms with Crippen LogP contribution in [0.1, 0.15) is 25.3 Å². The molecule has 0 aromatic heterocycles. The number of hydrogen-bond donors (Lipinski definition) is 1. The summed E-state index contributed by atoms with van der Waals surface area (Å²) in [5.74, 6) is 0.139. The number of rotatable bonds is 5. The molecule has 1 N–H and O–H groups in total. The molecular weight excluding hydrogens is 242 g/mol. The Hall–Kier alpha value is -1.55. The summed E-state index contributed by atoms with van der Waals surface area (Å²) >= 11 is 0. The minimum Gasteiger partial charge on any atom is -0.492 e. The number of benzene rings is 1. The average Bonchev–Trinajstić information content (AvgIpc) is 2.75. The van der Waals surface area contributed by atoms with Gasteiger partial charge in [-0.3, -0.25) is 9.69 Å². The number of carbonyl (C=O) groups is 1. The highest BCUT2D eigenvalue weighted by atomic mass is 16.5. The zero-order valence-electron chi connectivity index (χ0n) is 11.6. The molecule has 0 bridgehead atoms. The zero-order valence-corrected chi connectivity index (χ0v) is 11.6. The lowest BCUT2D eigenvalue weighted by Crippen LogP contribution is -2.49. The number of para-hydroxylation sites is 1. The molecule has 1 atom stereocenters. The van der Waals surface area contributed by atoms with Crippen molar-refractivity contribution in [3.05, 3.63) is 29.8 Å². The van der Waals surface area contributed by atoms with Crippen LogP contribution in [0.5, 0.6) is 5.75 Å². The molecule has 1 unspecified atom stereocenters. The van der Waals surface area contributed by atoms with Gasteiger partial charge in [-0.25, -0.2) is 0 Å². The van der Waals surface area contributed by atoms with Crippen LogP contribution >= 0.6 is 0 Å². The van der Waals surface area contributed by atoms with Crippen molar-refractivity contribution in [1.29, 1.82) is 0 Å². The Balaban J connectivity index is 1.89. The Morgan fingerprint density at radius 3 is 2.89 bits per heavy atom. The molecule has 0 aliphatic carbocycles. The van der Waals surface area contributed by atoms with E-state index in [1.807, 2.05) is 36.1 Å². The third-order valence-electron chi connectivity index (χ3n) is 3.96.